The number of nitrogens with two attached hydrogens (primary N) is 1. The van der Waals surface area contributed by atoms with Crippen molar-refractivity contribution in [3.8, 4) is 0 Å². The van der Waals surface area contributed by atoms with E-state index in [-0.39, 0.29) is 11.4 Å². The van der Waals surface area contributed by atoms with E-state index in [1.165, 1.54) is 24.0 Å². The maximum absolute atomic E-state index is 13.7. The van der Waals surface area contributed by atoms with Crippen molar-refractivity contribution in [3.05, 3.63) is 52.9 Å². The molecule has 0 bridgehead atoms. The minimum atomic E-state index is -0.561. The number of oxime groups is 1. The zero-order valence-electron chi connectivity index (χ0n) is 9.55. The number of nitrogens with zero attached hydrogens (tertiary/aromatic N) is 2. The number of hydrogen-bond acceptors (Lipinski definition) is 4. The standard InChI is InChI=1S/C12H9ClFN3OS/c13-7-4-5-10(16-6-7)19-9-3-1-2-8(14)11(9)12(15)17-18/h1-6,18H,(H2,15,17). The lowest BCUT2D eigenvalue weighted by atomic mass is 10.2. The molecule has 2 rings (SSSR count). The predicted molar refractivity (Wildman–Crippen MR) is 72.3 cm³/mol. The highest BCUT2D eigenvalue weighted by Gasteiger charge is 2.14. The van der Waals surface area contributed by atoms with E-state index < -0.39 is 5.82 Å². The Kier molecular flexibility index (Phi) is 4.24. The van der Waals surface area contributed by atoms with E-state index in [9.17, 15) is 4.39 Å². The Morgan fingerprint density at radius 1 is 1.37 bits per heavy atom. The van der Waals surface area contributed by atoms with Gasteiger partial charge in [0, 0.05) is 11.1 Å². The molecule has 0 spiro atoms. The number of aromatic nitrogens is 1. The first-order valence-electron chi connectivity index (χ1n) is 5.17. The molecule has 0 unspecified atom stereocenters. The van der Waals surface area contributed by atoms with Gasteiger partial charge in [-0.3, -0.25) is 0 Å². The van der Waals surface area contributed by atoms with Crippen LogP contribution in [0.15, 0.2) is 51.6 Å². The Hall–Kier alpha value is -1.79. The Bertz CT molecular complexity index is 619. The number of benzene rings is 1. The van der Waals surface area contributed by atoms with E-state index in [1.54, 1.807) is 24.3 Å². The lowest BCUT2D eigenvalue weighted by Gasteiger charge is -2.08. The zero-order chi connectivity index (χ0) is 13.8. The number of rotatable bonds is 3. The van der Waals surface area contributed by atoms with Gasteiger partial charge in [0.15, 0.2) is 5.84 Å². The molecule has 1 heterocycles. The van der Waals surface area contributed by atoms with Crippen LogP contribution in [0.1, 0.15) is 5.56 Å². The van der Waals surface area contributed by atoms with Crippen LogP contribution >= 0.6 is 23.4 Å². The summed E-state index contributed by atoms with van der Waals surface area (Å²) in [5, 5.41) is 12.7. The predicted octanol–water partition coefficient (Wildman–Crippen LogP) is 3.12. The van der Waals surface area contributed by atoms with Gasteiger partial charge in [0.1, 0.15) is 10.8 Å². The summed E-state index contributed by atoms with van der Waals surface area (Å²) in [7, 11) is 0. The van der Waals surface area contributed by atoms with Crippen molar-refractivity contribution < 1.29 is 9.60 Å². The van der Waals surface area contributed by atoms with Gasteiger partial charge in [-0.05, 0) is 24.3 Å². The first kappa shape index (κ1) is 13.6. The molecule has 4 nitrogen and oxygen atoms in total. The maximum Gasteiger partial charge on any atom is 0.174 e. The maximum atomic E-state index is 13.7. The van der Waals surface area contributed by atoms with Crippen molar-refractivity contribution in [2.24, 2.45) is 10.9 Å². The molecular formula is C12H9ClFN3OS. The van der Waals surface area contributed by atoms with Crippen LogP contribution in [0.5, 0.6) is 0 Å². The molecule has 98 valence electrons. The molecule has 0 amide bonds. The first-order chi connectivity index (χ1) is 9.11. The first-order valence-corrected chi connectivity index (χ1v) is 6.37. The number of halogens is 2. The van der Waals surface area contributed by atoms with Crippen LogP contribution in [0, 0.1) is 5.82 Å². The van der Waals surface area contributed by atoms with Crippen LogP contribution in [-0.4, -0.2) is 16.0 Å². The average Bonchev–Trinajstić information content (AvgIpc) is 2.41. The third-order valence-corrected chi connectivity index (χ3v) is 3.49. The highest BCUT2D eigenvalue weighted by Crippen LogP contribution is 2.30. The topological polar surface area (TPSA) is 71.5 Å². The van der Waals surface area contributed by atoms with Gasteiger partial charge in [-0.1, -0.05) is 34.6 Å². The Labute approximate surface area is 118 Å². The zero-order valence-corrected chi connectivity index (χ0v) is 11.1. The Morgan fingerprint density at radius 3 is 2.79 bits per heavy atom. The van der Waals surface area contributed by atoms with E-state index in [1.807, 2.05) is 0 Å². The van der Waals surface area contributed by atoms with Crippen molar-refractivity contribution in [3.63, 3.8) is 0 Å². The fourth-order valence-electron chi connectivity index (χ4n) is 1.42. The van der Waals surface area contributed by atoms with Gasteiger partial charge in [0.25, 0.3) is 0 Å². The third-order valence-electron chi connectivity index (χ3n) is 2.25. The fourth-order valence-corrected chi connectivity index (χ4v) is 2.45. The second kappa shape index (κ2) is 5.90. The summed E-state index contributed by atoms with van der Waals surface area (Å²) >= 11 is 6.94. The largest absolute Gasteiger partial charge is 0.409 e. The van der Waals surface area contributed by atoms with Crippen LogP contribution in [-0.2, 0) is 0 Å². The quantitative estimate of drug-likeness (QED) is 0.395. The highest BCUT2D eigenvalue weighted by molar-refractivity contribution is 7.99. The number of pyridine rings is 1. The SMILES string of the molecule is NC(=NO)c1c(F)cccc1Sc1ccc(Cl)cn1. The molecule has 0 atom stereocenters. The van der Waals surface area contributed by atoms with Crippen molar-refractivity contribution >= 4 is 29.2 Å². The van der Waals surface area contributed by atoms with Gasteiger partial charge < -0.3 is 10.9 Å². The summed E-state index contributed by atoms with van der Waals surface area (Å²) in [5.74, 6) is -0.844. The second-order valence-electron chi connectivity index (χ2n) is 3.51. The van der Waals surface area contributed by atoms with E-state index in [4.69, 9.17) is 22.5 Å². The van der Waals surface area contributed by atoms with E-state index in [0.717, 1.165) is 0 Å². The van der Waals surface area contributed by atoms with Crippen LogP contribution in [0.3, 0.4) is 0 Å². The molecule has 0 aliphatic carbocycles. The van der Waals surface area contributed by atoms with Crippen molar-refractivity contribution in [1.29, 1.82) is 0 Å². The molecule has 19 heavy (non-hydrogen) atoms. The minimum Gasteiger partial charge on any atom is -0.409 e. The van der Waals surface area contributed by atoms with E-state index in [2.05, 4.69) is 10.1 Å². The molecule has 0 aliphatic rings. The summed E-state index contributed by atoms with van der Waals surface area (Å²) in [6.07, 6.45) is 1.49. The third kappa shape index (κ3) is 3.15. The average molecular weight is 298 g/mol. The molecule has 1 aromatic heterocycles. The molecule has 2 aromatic rings. The van der Waals surface area contributed by atoms with Crippen LogP contribution in [0.4, 0.5) is 4.39 Å². The summed E-state index contributed by atoms with van der Waals surface area (Å²) in [6.45, 7) is 0. The molecule has 0 radical (unpaired) electrons. The molecule has 0 fully saturated rings. The lowest BCUT2D eigenvalue weighted by molar-refractivity contribution is 0.318. The molecule has 0 aliphatic heterocycles. The van der Waals surface area contributed by atoms with Gasteiger partial charge in [-0.15, -0.1) is 0 Å². The molecule has 0 saturated heterocycles. The smallest absolute Gasteiger partial charge is 0.174 e. The Morgan fingerprint density at radius 2 is 2.16 bits per heavy atom. The monoisotopic (exact) mass is 297 g/mol. The van der Waals surface area contributed by atoms with E-state index >= 15 is 0 Å². The Balaban J connectivity index is 2.40. The number of hydrogen-bond donors (Lipinski definition) is 2. The molecule has 1 aromatic carbocycles. The highest BCUT2D eigenvalue weighted by atomic mass is 35.5. The summed E-state index contributed by atoms with van der Waals surface area (Å²) in [4.78, 5) is 4.60. The second-order valence-corrected chi connectivity index (χ2v) is 5.01. The molecular weight excluding hydrogens is 289 g/mol. The molecule has 7 heteroatoms. The molecule has 3 N–H and O–H groups in total. The van der Waals surface area contributed by atoms with E-state index in [0.29, 0.717) is 14.9 Å². The van der Waals surface area contributed by atoms with Gasteiger partial charge in [0.05, 0.1) is 10.6 Å². The van der Waals surface area contributed by atoms with Gasteiger partial charge in [-0.2, -0.15) is 0 Å². The van der Waals surface area contributed by atoms with Crippen molar-refractivity contribution in [2.75, 3.05) is 0 Å². The minimum absolute atomic E-state index is 0.0479. The van der Waals surface area contributed by atoms with Crippen molar-refractivity contribution in [2.45, 2.75) is 9.92 Å². The normalized spacial score (nSPS) is 11.6. The van der Waals surface area contributed by atoms with Crippen LogP contribution in [0.25, 0.3) is 0 Å². The lowest BCUT2D eigenvalue weighted by Crippen LogP contribution is -2.16. The van der Waals surface area contributed by atoms with Crippen molar-refractivity contribution in [1.82, 2.24) is 4.98 Å². The van der Waals surface area contributed by atoms with Gasteiger partial charge >= 0.3 is 0 Å². The summed E-state index contributed by atoms with van der Waals surface area (Å²) in [6, 6.07) is 7.83. The molecule has 0 saturated carbocycles. The van der Waals surface area contributed by atoms with Gasteiger partial charge in [-0.25, -0.2) is 9.37 Å². The van der Waals surface area contributed by atoms with Crippen LogP contribution in [0.2, 0.25) is 5.02 Å². The summed E-state index contributed by atoms with van der Waals surface area (Å²) in [5.41, 5.74) is 5.53. The fraction of sp³-hybridized carbons (Fsp3) is 0. The van der Waals surface area contributed by atoms with Crippen LogP contribution < -0.4 is 5.73 Å². The number of amidine groups is 1. The van der Waals surface area contributed by atoms with Gasteiger partial charge in [0.2, 0.25) is 0 Å². The summed E-state index contributed by atoms with van der Waals surface area (Å²) < 4.78 is 13.7.